The van der Waals surface area contributed by atoms with Gasteiger partial charge in [0.25, 0.3) is 15.9 Å². The topological polar surface area (TPSA) is 84.9 Å². The molecule has 7 nitrogen and oxygen atoms in total. The van der Waals surface area contributed by atoms with Crippen LogP contribution in [0.25, 0.3) is 0 Å². The SMILES string of the molecule is CN(c1ccc(C(=O)NCC2COc3ccccc3O2)cc1)S(=O)(=O)c1ccc(Cl)cc1. The Kier molecular flexibility index (Phi) is 6.25. The number of ether oxygens (including phenoxy) is 2. The number of carbonyl (C=O) groups excluding carboxylic acids is 1. The summed E-state index contributed by atoms with van der Waals surface area (Å²) in [5.41, 5.74) is 0.834. The third-order valence-corrected chi connectivity index (χ3v) is 7.07. The van der Waals surface area contributed by atoms with Crippen molar-refractivity contribution in [1.29, 1.82) is 0 Å². The number of rotatable bonds is 6. The first-order chi connectivity index (χ1) is 15.3. The number of halogens is 1. The van der Waals surface area contributed by atoms with Gasteiger partial charge < -0.3 is 14.8 Å². The van der Waals surface area contributed by atoms with Crippen LogP contribution in [0.15, 0.2) is 77.7 Å². The van der Waals surface area contributed by atoms with Gasteiger partial charge >= 0.3 is 0 Å². The van der Waals surface area contributed by atoms with Gasteiger partial charge in [0.1, 0.15) is 12.7 Å². The molecule has 1 aliphatic heterocycles. The van der Waals surface area contributed by atoms with Crippen molar-refractivity contribution in [3.63, 3.8) is 0 Å². The Morgan fingerprint density at radius 2 is 1.69 bits per heavy atom. The molecule has 1 heterocycles. The highest BCUT2D eigenvalue weighted by molar-refractivity contribution is 7.92. The molecule has 0 saturated heterocycles. The third kappa shape index (κ3) is 4.66. The third-order valence-electron chi connectivity index (χ3n) is 5.02. The van der Waals surface area contributed by atoms with Crippen molar-refractivity contribution >= 4 is 33.2 Å². The summed E-state index contributed by atoms with van der Waals surface area (Å²) in [7, 11) is -2.29. The van der Waals surface area contributed by atoms with E-state index in [-0.39, 0.29) is 23.5 Å². The molecule has 0 fully saturated rings. The molecule has 166 valence electrons. The number of sulfonamides is 1. The summed E-state index contributed by atoms with van der Waals surface area (Å²) in [5, 5.41) is 3.28. The molecular weight excluding hydrogens is 452 g/mol. The van der Waals surface area contributed by atoms with Crippen LogP contribution >= 0.6 is 11.6 Å². The number of para-hydroxylation sites is 2. The molecule has 0 aliphatic carbocycles. The Balaban J connectivity index is 1.38. The van der Waals surface area contributed by atoms with Crippen LogP contribution in [0.1, 0.15) is 10.4 Å². The largest absolute Gasteiger partial charge is 0.486 e. The maximum atomic E-state index is 12.8. The fourth-order valence-corrected chi connectivity index (χ4v) is 4.52. The van der Waals surface area contributed by atoms with Crippen LogP contribution in [-0.2, 0) is 10.0 Å². The zero-order valence-electron chi connectivity index (χ0n) is 17.2. The molecule has 3 aromatic rings. The van der Waals surface area contributed by atoms with Crippen LogP contribution in [-0.4, -0.2) is 40.6 Å². The molecule has 0 radical (unpaired) electrons. The minimum absolute atomic E-state index is 0.127. The Bertz CT molecular complexity index is 1210. The number of nitrogens with one attached hydrogen (secondary N) is 1. The highest BCUT2D eigenvalue weighted by atomic mass is 35.5. The van der Waals surface area contributed by atoms with Crippen molar-refractivity contribution in [2.75, 3.05) is 24.5 Å². The van der Waals surface area contributed by atoms with Crippen LogP contribution in [0.2, 0.25) is 5.02 Å². The Morgan fingerprint density at radius 3 is 2.38 bits per heavy atom. The highest BCUT2D eigenvalue weighted by Gasteiger charge is 2.23. The maximum Gasteiger partial charge on any atom is 0.264 e. The summed E-state index contributed by atoms with van der Waals surface area (Å²) in [4.78, 5) is 12.6. The molecule has 4 rings (SSSR count). The number of hydrogen-bond donors (Lipinski definition) is 1. The zero-order chi connectivity index (χ0) is 22.7. The number of carbonyl (C=O) groups is 1. The van der Waals surface area contributed by atoms with Crippen molar-refractivity contribution in [3.05, 3.63) is 83.4 Å². The normalized spacial score (nSPS) is 15.1. The fourth-order valence-electron chi connectivity index (χ4n) is 3.20. The molecular formula is C23H21ClN2O5S. The first-order valence-electron chi connectivity index (χ1n) is 9.86. The number of anilines is 1. The van der Waals surface area contributed by atoms with E-state index in [4.69, 9.17) is 21.1 Å². The number of amides is 1. The lowest BCUT2D eigenvalue weighted by Gasteiger charge is -2.26. The van der Waals surface area contributed by atoms with Crippen molar-refractivity contribution in [2.45, 2.75) is 11.0 Å². The summed E-state index contributed by atoms with van der Waals surface area (Å²) < 4.78 is 38.2. The van der Waals surface area contributed by atoms with E-state index in [0.717, 1.165) is 4.31 Å². The van der Waals surface area contributed by atoms with Crippen molar-refractivity contribution < 1.29 is 22.7 Å². The van der Waals surface area contributed by atoms with E-state index in [0.29, 0.717) is 34.4 Å². The quantitative estimate of drug-likeness (QED) is 0.590. The van der Waals surface area contributed by atoms with E-state index in [1.165, 1.54) is 31.3 Å². The van der Waals surface area contributed by atoms with Gasteiger partial charge in [-0.15, -0.1) is 0 Å². The van der Waals surface area contributed by atoms with Gasteiger partial charge in [-0.2, -0.15) is 0 Å². The molecule has 9 heteroatoms. The molecule has 1 unspecified atom stereocenters. The molecule has 32 heavy (non-hydrogen) atoms. The number of nitrogens with zero attached hydrogens (tertiary/aromatic N) is 1. The second kappa shape index (κ2) is 9.10. The van der Waals surface area contributed by atoms with Crippen molar-refractivity contribution in [2.24, 2.45) is 0 Å². The van der Waals surface area contributed by atoms with Crippen molar-refractivity contribution in [3.8, 4) is 11.5 Å². The lowest BCUT2D eigenvalue weighted by atomic mass is 10.2. The van der Waals surface area contributed by atoms with Crippen LogP contribution < -0.4 is 19.1 Å². The maximum absolute atomic E-state index is 12.8. The average Bonchev–Trinajstić information content (AvgIpc) is 2.82. The van der Waals surface area contributed by atoms with Crippen LogP contribution in [0.3, 0.4) is 0 Å². The number of hydrogen-bond acceptors (Lipinski definition) is 5. The van der Waals surface area contributed by atoms with Crippen LogP contribution in [0.4, 0.5) is 5.69 Å². The minimum Gasteiger partial charge on any atom is -0.486 e. The summed E-state index contributed by atoms with van der Waals surface area (Å²) in [5.74, 6) is 1.04. The molecule has 0 bridgehead atoms. The second-order valence-electron chi connectivity index (χ2n) is 7.18. The Labute approximate surface area is 191 Å². The summed E-state index contributed by atoms with van der Waals surface area (Å²) >= 11 is 5.84. The van der Waals surface area contributed by atoms with Gasteiger partial charge in [-0.3, -0.25) is 9.10 Å². The Morgan fingerprint density at radius 1 is 1.03 bits per heavy atom. The summed E-state index contributed by atoms with van der Waals surface area (Å²) in [6.07, 6.45) is -0.302. The Hall–Kier alpha value is -3.23. The molecule has 1 aliphatic rings. The van der Waals surface area contributed by atoms with Gasteiger partial charge in [0.2, 0.25) is 0 Å². The molecule has 1 atom stereocenters. The molecule has 3 aromatic carbocycles. The van der Waals surface area contributed by atoms with E-state index < -0.39 is 10.0 Å². The van der Waals surface area contributed by atoms with E-state index in [1.54, 1.807) is 24.3 Å². The highest BCUT2D eigenvalue weighted by Crippen LogP contribution is 2.30. The van der Waals surface area contributed by atoms with Crippen molar-refractivity contribution in [1.82, 2.24) is 5.32 Å². The predicted octanol–water partition coefficient (Wildman–Crippen LogP) is 3.73. The minimum atomic E-state index is -3.75. The second-order valence-corrected chi connectivity index (χ2v) is 9.59. The first kappa shape index (κ1) is 22.0. The number of fused-ring (bicyclic) bond motifs is 1. The first-order valence-corrected chi connectivity index (χ1v) is 11.7. The van der Waals surface area contributed by atoms with Crippen LogP contribution in [0, 0.1) is 0 Å². The van der Waals surface area contributed by atoms with Gasteiger partial charge in [0, 0.05) is 17.6 Å². The van der Waals surface area contributed by atoms with Crippen LogP contribution in [0.5, 0.6) is 11.5 Å². The zero-order valence-corrected chi connectivity index (χ0v) is 18.8. The lowest BCUT2D eigenvalue weighted by Crippen LogP contribution is -2.40. The lowest BCUT2D eigenvalue weighted by molar-refractivity contribution is 0.0789. The van der Waals surface area contributed by atoms with Gasteiger partial charge in [-0.05, 0) is 60.7 Å². The molecule has 0 aromatic heterocycles. The van der Waals surface area contributed by atoms with Gasteiger partial charge in [-0.25, -0.2) is 8.42 Å². The van der Waals surface area contributed by atoms with E-state index >= 15 is 0 Å². The summed E-state index contributed by atoms with van der Waals surface area (Å²) in [6, 6.07) is 19.6. The van der Waals surface area contributed by atoms with Gasteiger partial charge in [0.05, 0.1) is 17.1 Å². The standard InChI is InChI=1S/C23H21ClN2O5S/c1-26(32(28,29)20-12-8-17(24)9-13-20)18-10-6-16(7-11-18)23(27)25-14-19-15-30-21-4-2-3-5-22(21)31-19/h2-13,19H,14-15H2,1H3,(H,25,27). The summed E-state index contributed by atoms with van der Waals surface area (Å²) in [6.45, 7) is 0.614. The predicted molar refractivity (Wildman–Crippen MR) is 122 cm³/mol. The molecule has 1 amide bonds. The monoisotopic (exact) mass is 472 g/mol. The van der Waals surface area contributed by atoms with E-state index in [2.05, 4.69) is 5.32 Å². The molecule has 0 saturated carbocycles. The molecule has 0 spiro atoms. The number of benzene rings is 3. The van der Waals surface area contributed by atoms with Gasteiger partial charge in [0.15, 0.2) is 11.5 Å². The fraction of sp³-hybridized carbons (Fsp3) is 0.174. The van der Waals surface area contributed by atoms with Gasteiger partial charge in [-0.1, -0.05) is 23.7 Å². The molecule has 1 N–H and O–H groups in total. The van der Waals surface area contributed by atoms with E-state index in [1.807, 2.05) is 24.3 Å². The van der Waals surface area contributed by atoms with E-state index in [9.17, 15) is 13.2 Å². The average molecular weight is 473 g/mol. The smallest absolute Gasteiger partial charge is 0.264 e.